The fourth-order valence-electron chi connectivity index (χ4n) is 1.33. The first-order valence-corrected chi connectivity index (χ1v) is 4.30. The molecule has 74 valence electrons. The first kappa shape index (κ1) is 8.96. The second-order valence-electron chi connectivity index (χ2n) is 3.24. The zero-order chi connectivity index (χ0) is 10.1. The van der Waals surface area contributed by atoms with Crippen molar-refractivity contribution >= 4 is 5.91 Å². The van der Waals surface area contributed by atoms with Crippen LogP contribution < -0.4 is 0 Å². The van der Waals surface area contributed by atoms with E-state index in [2.05, 4.69) is 4.98 Å². The number of hydrogen-bond acceptors (Lipinski definition) is 4. The first-order chi connectivity index (χ1) is 6.68. The molecule has 1 fully saturated rings. The molecule has 2 rings (SSSR count). The van der Waals surface area contributed by atoms with E-state index in [-0.39, 0.29) is 17.4 Å². The molecule has 2 heterocycles. The lowest BCUT2D eigenvalue weighted by molar-refractivity contribution is 0.00530. The fraction of sp³-hybridized carbons (Fsp3) is 0.333. The fourth-order valence-corrected chi connectivity index (χ4v) is 1.33. The third-order valence-corrected chi connectivity index (χ3v) is 2.14. The van der Waals surface area contributed by atoms with Crippen LogP contribution in [0, 0.1) is 0 Å². The Labute approximate surface area is 80.6 Å². The van der Waals surface area contributed by atoms with Gasteiger partial charge in [-0.25, -0.2) is 4.98 Å². The Morgan fingerprint density at radius 2 is 2.29 bits per heavy atom. The van der Waals surface area contributed by atoms with Crippen LogP contribution >= 0.6 is 0 Å². The van der Waals surface area contributed by atoms with Crippen molar-refractivity contribution < 1.29 is 15.0 Å². The van der Waals surface area contributed by atoms with Crippen molar-refractivity contribution in [3.8, 4) is 5.75 Å². The smallest absolute Gasteiger partial charge is 0.276 e. The molecule has 0 aliphatic carbocycles. The molecule has 0 saturated carbocycles. The summed E-state index contributed by atoms with van der Waals surface area (Å²) in [5.74, 6) is -0.465. The Balaban J connectivity index is 2.16. The summed E-state index contributed by atoms with van der Waals surface area (Å²) in [5.41, 5.74) is 0.0411. The molecule has 5 heteroatoms. The van der Waals surface area contributed by atoms with Gasteiger partial charge in [0.25, 0.3) is 5.91 Å². The SMILES string of the molecule is O=C(c1ncccc1O)N1CC(O)C1. The van der Waals surface area contributed by atoms with Crippen LogP contribution in [-0.4, -0.2) is 45.2 Å². The van der Waals surface area contributed by atoms with Gasteiger partial charge in [-0.1, -0.05) is 0 Å². The highest BCUT2D eigenvalue weighted by atomic mass is 16.3. The zero-order valence-corrected chi connectivity index (χ0v) is 7.42. The molecule has 1 aliphatic heterocycles. The highest BCUT2D eigenvalue weighted by molar-refractivity contribution is 5.95. The second kappa shape index (κ2) is 3.26. The van der Waals surface area contributed by atoms with Gasteiger partial charge in [-0.15, -0.1) is 0 Å². The maximum absolute atomic E-state index is 11.6. The van der Waals surface area contributed by atoms with Gasteiger partial charge >= 0.3 is 0 Å². The number of pyridine rings is 1. The summed E-state index contributed by atoms with van der Waals surface area (Å²) in [4.78, 5) is 16.8. The van der Waals surface area contributed by atoms with Gasteiger partial charge in [0.2, 0.25) is 0 Å². The van der Waals surface area contributed by atoms with Crippen LogP contribution in [0.15, 0.2) is 18.3 Å². The van der Waals surface area contributed by atoms with Gasteiger partial charge in [-0.3, -0.25) is 4.79 Å². The van der Waals surface area contributed by atoms with Gasteiger partial charge in [0, 0.05) is 19.3 Å². The minimum absolute atomic E-state index is 0.0411. The molecule has 0 aromatic carbocycles. The van der Waals surface area contributed by atoms with Crippen molar-refractivity contribution in [3.63, 3.8) is 0 Å². The summed E-state index contributed by atoms with van der Waals surface area (Å²) in [5, 5.41) is 18.3. The monoisotopic (exact) mass is 194 g/mol. The predicted octanol–water partition coefficient (Wildman–Crippen LogP) is -0.396. The number of carbonyl (C=O) groups excluding carboxylic acids is 1. The lowest BCUT2D eigenvalue weighted by Gasteiger charge is -2.35. The van der Waals surface area contributed by atoms with E-state index < -0.39 is 6.10 Å². The van der Waals surface area contributed by atoms with Crippen LogP contribution in [0.5, 0.6) is 5.75 Å². The normalized spacial score (nSPS) is 16.5. The maximum Gasteiger partial charge on any atom is 0.276 e. The third kappa shape index (κ3) is 1.42. The molecule has 1 saturated heterocycles. The Morgan fingerprint density at radius 3 is 2.86 bits per heavy atom. The highest BCUT2D eigenvalue weighted by Crippen LogP contribution is 2.18. The number of rotatable bonds is 1. The van der Waals surface area contributed by atoms with Gasteiger partial charge in [0.05, 0.1) is 6.10 Å². The minimum Gasteiger partial charge on any atom is -0.505 e. The molecular formula is C9H10N2O3. The standard InChI is InChI=1S/C9H10N2O3/c12-6-4-11(5-6)9(14)8-7(13)2-1-3-10-8/h1-3,6,12-13H,4-5H2. The molecule has 0 bridgehead atoms. The summed E-state index contributed by atoms with van der Waals surface area (Å²) in [6, 6.07) is 2.97. The number of aliphatic hydroxyl groups is 1. The molecule has 0 atom stereocenters. The Morgan fingerprint density at radius 1 is 1.57 bits per heavy atom. The molecule has 0 unspecified atom stereocenters. The number of aliphatic hydroxyl groups excluding tert-OH is 1. The van der Waals surface area contributed by atoms with Crippen molar-refractivity contribution in [2.24, 2.45) is 0 Å². The summed E-state index contributed by atoms with van der Waals surface area (Å²) in [6.07, 6.45) is 1.01. The highest BCUT2D eigenvalue weighted by Gasteiger charge is 2.31. The molecule has 14 heavy (non-hydrogen) atoms. The van der Waals surface area contributed by atoms with Crippen LogP contribution in [0.1, 0.15) is 10.5 Å². The van der Waals surface area contributed by atoms with Crippen LogP contribution in [0.25, 0.3) is 0 Å². The van der Waals surface area contributed by atoms with E-state index in [0.29, 0.717) is 13.1 Å². The van der Waals surface area contributed by atoms with Crippen molar-refractivity contribution in [3.05, 3.63) is 24.0 Å². The molecule has 1 aromatic heterocycles. The average Bonchev–Trinajstić information content (AvgIpc) is 2.13. The number of likely N-dealkylation sites (tertiary alicyclic amines) is 1. The molecular weight excluding hydrogens is 184 g/mol. The van der Waals surface area contributed by atoms with Crippen molar-refractivity contribution in [1.29, 1.82) is 0 Å². The summed E-state index contributed by atoms with van der Waals surface area (Å²) in [7, 11) is 0. The Bertz CT molecular complexity index is 361. The van der Waals surface area contributed by atoms with Gasteiger partial charge in [0.1, 0.15) is 5.75 Å². The number of nitrogens with zero attached hydrogens (tertiary/aromatic N) is 2. The van der Waals surface area contributed by atoms with E-state index in [1.807, 2.05) is 0 Å². The molecule has 0 radical (unpaired) electrons. The van der Waals surface area contributed by atoms with Gasteiger partial charge in [-0.2, -0.15) is 0 Å². The minimum atomic E-state index is -0.440. The number of β-amino-alcohol motifs (C(OH)–C–C–N with tert-alkyl or cyclic N) is 1. The van der Waals surface area contributed by atoms with Gasteiger partial charge in [-0.05, 0) is 12.1 Å². The lowest BCUT2D eigenvalue weighted by Crippen LogP contribution is -2.53. The molecule has 5 nitrogen and oxygen atoms in total. The number of hydrogen-bond donors (Lipinski definition) is 2. The third-order valence-electron chi connectivity index (χ3n) is 2.14. The van der Waals surface area contributed by atoms with E-state index >= 15 is 0 Å². The Kier molecular flexibility index (Phi) is 2.09. The van der Waals surface area contributed by atoms with Crippen molar-refractivity contribution in [2.45, 2.75) is 6.10 Å². The van der Waals surface area contributed by atoms with E-state index in [9.17, 15) is 9.90 Å². The molecule has 1 aliphatic rings. The van der Waals surface area contributed by atoms with Crippen LogP contribution in [0.3, 0.4) is 0 Å². The quantitative estimate of drug-likeness (QED) is 0.638. The summed E-state index contributed by atoms with van der Waals surface area (Å²) >= 11 is 0. The topological polar surface area (TPSA) is 73.7 Å². The molecule has 1 amide bonds. The van der Waals surface area contributed by atoms with Crippen LogP contribution in [0.2, 0.25) is 0 Å². The maximum atomic E-state index is 11.6. The van der Waals surface area contributed by atoms with E-state index in [4.69, 9.17) is 5.11 Å². The number of aromatic nitrogens is 1. The summed E-state index contributed by atoms with van der Waals surface area (Å²) in [6.45, 7) is 0.629. The largest absolute Gasteiger partial charge is 0.505 e. The van der Waals surface area contributed by atoms with Crippen molar-refractivity contribution in [2.75, 3.05) is 13.1 Å². The lowest BCUT2D eigenvalue weighted by atomic mass is 10.1. The molecule has 0 spiro atoms. The Hall–Kier alpha value is -1.62. The predicted molar refractivity (Wildman–Crippen MR) is 47.8 cm³/mol. The van der Waals surface area contributed by atoms with E-state index in [1.54, 1.807) is 6.07 Å². The molecule has 2 N–H and O–H groups in total. The van der Waals surface area contributed by atoms with Crippen LogP contribution in [0.4, 0.5) is 0 Å². The average molecular weight is 194 g/mol. The molecule has 1 aromatic rings. The van der Waals surface area contributed by atoms with Gasteiger partial charge < -0.3 is 15.1 Å². The van der Waals surface area contributed by atoms with E-state index in [1.165, 1.54) is 17.2 Å². The zero-order valence-electron chi connectivity index (χ0n) is 7.42. The van der Waals surface area contributed by atoms with E-state index in [0.717, 1.165) is 0 Å². The van der Waals surface area contributed by atoms with Gasteiger partial charge in [0.15, 0.2) is 5.69 Å². The second-order valence-corrected chi connectivity index (χ2v) is 3.24. The van der Waals surface area contributed by atoms with Crippen LogP contribution in [-0.2, 0) is 0 Å². The number of amides is 1. The number of aromatic hydroxyl groups is 1. The summed E-state index contributed by atoms with van der Waals surface area (Å²) < 4.78 is 0. The van der Waals surface area contributed by atoms with Crippen molar-refractivity contribution in [1.82, 2.24) is 9.88 Å². The number of carbonyl (C=O) groups is 1. The first-order valence-electron chi connectivity index (χ1n) is 4.30.